The molecule has 2 aromatic heterocycles. The number of para-hydroxylation sites is 1. The van der Waals surface area contributed by atoms with E-state index in [0.717, 1.165) is 22.2 Å². The summed E-state index contributed by atoms with van der Waals surface area (Å²) in [7, 11) is 0. The molecule has 0 saturated carbocycles. The van der Waals surface area contributed by atoms with Crippen molar-refractivity contribution in [1.82, 2.24) is 9.97 Å². The highest BCUT2D eigenvalue weighted by Gasteiger charge is 2.04. The fourth-order valence-corrected chi connectivity index (χ4v) is 2.07. The van der Waals surface area contributed by atoms with Crippen molar-refractivity contribution < 1.29 is 4.74 Å². The molecular formula is C16H15N3O. The molecule has 0 bridgehead atoms. The summed E-state index contributed by atoms with van der Waals surface area (Å²) in [5.41, 5.74) is 8.48. The molecule has 3 rings (SSSR count). The number of ether oxygens (including phenoxy) is 1. The molecule has 0 fully saturated rings. The first-order chi connectivity index (χ1) is 9.76. The zero-order valence-electron chi connectivity index (χ0n) is 11.2. The van der Waals surface area contributed by atoms with E-state index in [1.807, 2.05) is 49.4 Å². The van der Waals surface area contributed by atoms with Crippen molar-refractivity contribution in [3.8, 4) is 11.6 Å². The fraction of sp³-hybridized carbons (Fsp3) is 0.125. The molecule has 0 aliphatic carbocycles. The minimum absolute atomic E-state index is 0.483. The molecule has 0 atom stereocenters. The molecule has 2 heterocycles. The normalized spacial score (nSPS) is 10.7. The summed E-state index contributed by atoms with van der Waals surface area (Å²) in [6.07, 6.45) is 1.70. The summed E-state index contributed by atoms with van der Waals surface area (Å²) >= 11 is 0. The molecule has 0 unspecified atom stereocenters. The van der Waals surface area contributed by atoms with Gasteiger partial charge in [-0.15, -0.1) is 0 Å². The van der Waals surface area contributed by atoms with E-state index in [-0.39, 0.29) is 0 Å². The van der Waals surface area contributed by atoms with E-state index in [2.05, 4.69) is 9.97 Å². The van der Waals surface area contributed by atoms with Crippen molar-refractivity contribution in [2.75, 3.05) is 0 Å². The van der Waals surface area contributed by atoms with Crippen LogP contribution >= 0.6 is 0 Å². The molecule has 3 aromatic rings. The van der Waals surface area contributed by atoms with E-state index in [4.69, 9.17) is 10.5 Å². The van der Waals surface area contributed by atoms with Gasteiger partial charge in [0.1, 0.15) is 5.75 Å². The largest absolute Gasteiger partial charge is 0.437 e. The third-order valence-electron chi connectivity index (χ3n) is 3.18. The van der Waals surface area contributed by atoms with Gasteiger partial charge in [0.25, 0.3) is 0 Å². The minimum Gasteiger partial charge on any atom is -0.437 e. The number of aromatic nitrogens is 2. The van der Waals surface area contributed by atoms with Crippen molar-refractivity contribution in [2.24, 2.45) is 5.73 Å². The van der Waals surface area contributed by atoms with Gasteiger partial charge in [-0.3, -0.25) is 4.98 Å². The number of nitrogens with two attached hydrogens (primary N) is 1. The molecule has 4 heteroatoms. The standard InChI is InChI=1S/C16H15N3O/c1-11-13(9-17)6-7-16(19-11)20-14-8-12-4-2-3-5-15(12)18-10-14/h2-8,10H,9,17H2,1H3. The van der Waals surface area contributed by atoms with Crippen LogP contribution in [0, 0.1) is 6.92 Å². The average Bonchev–Trinajstić information content (AvgIpc) is 2.47. The molecular weight excluding hydrogens is 250 g/mol. The van der Waals surface area contributed by atoms with Gasteiger partial charge in [-0.25, -0.2) is 4.98 Å². The van der Waals surface area contributed by atoms with Gasteiger partial charge in [0.05, 0.1) is 11.7 Å². The highest BCUT2D eigenvalue weighted by atomic mass is 16.5. The molecule has 0 spiro atoms. The van der Waals surface area contributed by atoms with Gasteiger partial charge in [-0.2, -0.15) is 0 Å². The number of pyridine rings is 2. The van der Waals surface area contributed by atoms with Crippen LogP contribution in [0.15, 0.2) is 48.7 Å². The summed E-state index contributed by atoms with van der Waals surface area (Å²) in [6.45, 7) is 2.41. The lowest BCUT2D eigenvalue weighted by molar-refractivity contribution is 0.460. The maximum absolute atomic E-state index is 5.75. The second-order valence-corrected chi connectivity index (χ2v) is 4.56. The van der Waals surface area contributed by atoms with Crippen molar-refractivity contribution >= 4 is 10.9 Å². The van der Waals surface area contributed by atoms with Crippen molar-refractivity contribution in [2.45, 2.75) is 13.5 Å². The molecule has 0 radical (unpaired) electrons. The molecule has 0 amide bonds. The summed E-state index contributed by atoms with van der Waals surface area (Å²) in [5.74, 6) is 1.23. The summed E-state index contributed by atoms with van der Waals surface area (Å²) in [6, 6.07) is 13.6. The SMILES string of the molecule is Cc1nc(Oc2cnc3ccccc3c2)ccc1CN. The van der Waals surface area contributed by atoms with Crippen LogP contribution in [0.5, 0.6) is 11.6 Å². The number of rotatable bonds is 3. The van der Waals surface area contributed by atoms with Gasteiger partial charge in [0.2, 0.25) is 5.88 Å². The monoisotopic (exact) mass is 265 g/mol. The van der Waals surface area contributed by atoms with Gasteiger partial charge in [0, 0.05) is 23.7 Å². The Morgan fingerprint density at radius 3 is 2.80 bits per heavy atom. The molecule has 100 valence electrons. The summed E-state index contributed by atoms with van der Waals surface area (Å²) in [5, 5.41) is 1.04. The van der Waals surface area contributed by atoms with Gasteiger partial charge in [-0.05, 0) is 24.6 Å². The van der Waals surface area contributed by atoms with Crippen LogP contribution in [0.1, 0.15) is 11.3 Å². The number of hydrogen-bond donors (Lipinski definition) is 1. The Kier molecular flexibility index (Phi) is 3.31. The van der Waals surface area contributed by atoms with Crippen LogP contribution in [0.2, 0.25) is 0 Å². The Bertz CT molecular complexity index is 756. The van der Waals surface area contributed by atoms with Crippen LogP contribution in [-0.4, -0.2) is 9.97 Å². The molecule has 0 aliphatic heterocycles. The molecule has 0 saturated heterocycles. The predicted molar refractivity (Wildman–Crippen MR) is 78.7 cm³/mol. The lowest BCUT2D eigenvalue weighted by Gasteiger charge is -2.08. The van der Waals surface area contributed by atoms with E-state index in [0.29, 0.717) is 18.2 Å². The average molecular weight is 265 g/mol. The van der Waals surface area contributed by atoms with Crippen LogP contribution in [0.4, 0.5) is 0 Å². The van der Waals surface area contributed by atoms with Crippen LogP contribution in [-0.2, 0) is 6.54 Å². The number of hydrogen-bond acceptors (Lipinski definition) is 4. The molecule has 1 aromatic carbocycles. The Morgan fingerprint density at radius 1 is 1.15 bits per heavy atom. The minimum atomic E-state index is 0.483. The third kappa shape index (κ3) is 2.46. The number of fused-ring (bicyclic) bond motifs is 1. The van der Waals surface area contributed by atoms with Gasteiger partial charge >= 0.3 is 0 Å². The van der Waals surface area contributed by atoms with E-state index >= 15 is 0 Å². The smallest absolute Gasteiger partial charge is 0.219 e. The van der Waals surface area contributed by atoms with E-state index in [1.54, 1.807) is 6.20 Å². The maximum Gasteiger partial charge on any atom is 0.219 e. The molecule has 2 N–H and O–H groups in total. The van der Waals surface area contributed by atoms with E-state index in [9.17, 15) is 0 Å². The van der Waals surface area contributed by atoms with Gasteiger partial charge in [-0.1, -0.05) is 24.3 Å². The summed E-state index contributed by atoms with van der Waals surface area (Å²) < 4.78 is 5.75. The highest BCUT2D eigenvalue weighted by molar-refractivity contribution is 5.79. The second kappa shape index (κ2) is 5.27. The third-order valence-corrected chi connectivity index (χ3v) is 3.18. The Balaban J connectivity index is 1.90. The summed E-state index contributed by atoms with van der Waals surface area (Å²) in [4.78, 5) is 8.75. The van der Waals surface area contributed by atoms with Crippen LogP contribution in [0.3, 0.4) is 0 Å². The van der Waals surface area contributed by atoms with Crippen molar-refractivity contribution in [1.29, 1.82) is 0 Å². The molecule has 20 heavy (non-hydrogen) atoms. The predicted octanol–water partition coefficient (Wildman–Crippen LogP) is 3.19. The van der Waals surface area contributed by atoms with Gasteiger partial charge < -0.3 is 10.5 Å². The number of nitrogens with zero attached hydrogens (tertiary/aromatic N) is 2. The quantitative estimate of drug-likeness (QED) is 0.790. The first-order valence-corrected chi connectivity index (χ1v) is 6.45. The fourth-order valence-electron chi connectivity index (χ4n) is 2.07. The first-order valence-electron chi connectivity index (χ1n) is 6.45. The molecule has 0 aliphatic rings. The first kappa shape index (κ1) is 12.6. The van der Waals surface area contributed by atoms with Crippen LogP contribution < -0.4 is 10.5 Å². The zero-order chi connectivity index (χ0) is 13.9. The van der Waals surface area contributed by atoms with Gasteiger partial charge in [0.15, 0.2) is 0 Å². The maximum atomic E-state index is 5.75. The zero-order valence-corrected chi connectivity index (χ0v) is 11.2. The Morgan fingerprint density at radius 2 is 2.00 bits per heavy atom. The topological polar surface area (TPSA) is 61.0 Å². The van der Waals surface area contributed by atoms with Crippen molar-refractivity contribution in [3.05, 3.63) is 59.9 Å². The molecule has 4 nitrogen and oxygen atoms in total. The Labute approximate surface area is 117 Å². The number of benzene rings is 1. The Hall–Kier alpha value is -2.46. The van der Waals surface area contributed by atoms with Crippen molar-refractivity contribution in [3.63, 3.8) is 0 Å². The highest BCUT2D eigenvalue weighted by Crippen LogP contribution is 2.23. The lowest BCUT2D eigenvalue weighted by atomic mass is 10.2. The second-order valence-electron chi connectivity index (χ2n) is 4.56. The number of aryl methyl sites for hydroxylation is 1. The van der Waals surface area contributed by atoms with Crippen LogP contribution in [0.25, 0.3) is 10.9 Å². The lowest BCUT2D eigenvalue weighted by Crippen LogP contribution is -2.01. The van der Waals surface area contributed by atoms with E-state index in [1.165, 1.54) is 0 Å². The van der Waals surface area contributed by atoms with E-state index < -0.39 is 0 Å².